The summed E-state index contributed by atoms with van der Waals surface area (Å²) in [7, 11) is -0.603. The van der Waals surface area contributed by atoms with Crippen molar-refractivity contribution < 1.29 is 4.21 Å². The molecule has 0 amide bonds. The molecular formula is C13H21N3OS. The average Bonchev–Trinajstić information content (AvgIpc) is 3.09. The molecule has 1 heterocycles. The molecule has 18 heavy (non-hydrogen) atoms. The zero-order valence-electron chi connectivity index (χ0n) is 10.7. The van der Waals surface area contributed by atoms with Gasteiger partial charge >= 0.3 is 0 Å². The fourth-order valence-corrected chi connectivity index (χ4v) is 4.31. The Morgan fingerprint density at radius 2 is 2.00 bits per heavy atom. The van der Waals surface area contributed by atoms with E-state index in [4.69, 9.17) is 0 Å². The Hall–Kier alpha value is -0.440. The van der Waals surface area contributed by atoms with E-state index in [2.05, 4.69) is 16.3 Å². The topological polar surface area (TPSA) is 56.1 Å². The Kier molecular flexibility index (Phi) is 3.44. The smallest absolute Gasteiger partial charge is 0.108 e. The minimum atomic E-state index is -0.603. The molecule has 1 saturated heterocycles. The molecule has 5 heteroatoms. The van der Waals surface area contributed by atoms with E-state index in [0.29, 0.717) is 12.1 Å². The van der Waals surface area contributed by atoms with Crippen molar-refractivity contribution in [2.45, 2.75) is 49.7 Å². The average molecular weight is 267 g/mol. The van der Waals surface area contributed by atoms with Gasteiger partial charge in [-0.3, -0.25) is 14.4 Å². The van der Waals surface area contributed by atoms with Crippen LogP contribution in [0.15, 0.2) is 0 Å². The molecular weight excluding hydrogens is 246 g/mol. The van der Waals surface area contributed by atoms with Crippen molar-refractivity contribution in [1.29, 1.82) is 5.26 Å². The number of hydrogen-bond acceptors (Lipinski definition) is 4. The maximum absolute atomic E-state index is 11.4. The van der Waals surface area contributed by atoms with Gasteiger partial charge in [0.1, 0.15) is 5.54 Å². The highest BCUT2D eigenvalue weighted by molar-refractivity contribution is 7.85. The summed E-state index contributed by atoms with van der Waals surface area (Å²) in [5, 5.41) is 13.0. The highest BCUT2D eigenvalue weighted by atomic mass is 32.2. The summed E-state index contributed by atoms with van der Waals surface area (Å²) < 4.78 is 11.4. The molecule has 2 atom stereocenters. The van der Waals surface area contributed by atoms with Crippen LogP contribution in [0.3, 0.4) is 0 Å². The third-order valence-corrected chi connectivity index (χ3v) is 5.76. The van der Waals surface area contributed by atoms with Crippen LogP contribution >= 0.6 is 0 Å². The van der Waals surface area contributed by atoms with Crippen molar-refractivity contribution in [2.75, 3.05) is 24.6 Å². The molecule has 100 valence electrons. The fourth-order valence-electron chi connectivity index (χ4n) is 3.23. The zero-order chi connectivity index (χ0) is 12.6. The van der Waals surface area contributed by atoms with Crippen molar-refractivity contribution in [3.8, 4) is 6.07 Å². The number of nitrogens with one attached hydrogen (secondary N) is 1. The monoisotopic (exact) mass is 267 g/mol. The van der Waals surface area contributed by atoms with Crippen molar-refractivity contribution in [3.05, 3.63) is 0 Å². The summed E-state index contributed by atoms with van der Waals surface area (Å²) in [6.45, 7) is 1.89. The Balaban J connectivity index is 1.59. The first-order valence-corrected chi connectivity index (χ1v) is 8.48. The number of rotatable bonds is 3. The predicted octanol–water partition coefficient (Wildman–Crippen LogP) is 0.618. The van der Waals surface area contributed by atoms with Crippen molar-refractivity contribution >= 4 is 10.8 Å². The second kappa shape index (κ2) is 4.92. The lowest BCUT2D eigenvalue weighted by Gasteiger charge is -2.32. The summed E-state index contributed by atoms with van der Waals surface area (Å²) in [6.07, 6.45) is 5.50. The van der Waals surface area contributed by atoms with Crippen molar-refractivity contribution in [2.24, 2.45) is 0 Å². The van der Waals surface area contributed by atoms with E-state index < -0.39 is 10.8 Å². The standard InChI is InChI=1S/C13H21N3OS/c14-10-13(15-11-1-2-11)4-3-12(9-13)16-5-7-18(17)8-6-16/h11-12,15H,1-9H2. The third kappa shape index (κ3) is 2.61. The second-order valence-corrected chi connectivity index (χ2v) is 7.59. The molecule has 0 aromatic rings. The maximum atomic E-state index is 11.4. The number of hydrogen-bond donors (Lipinski definition) is 1. The minimum Gasteiger partial charge on any atom is -0.298 e. The zero-order valence-corrected chi connectivity index (χ0v) is 11.5. The van der Waals surface area contributed by atoms with Crippen molar-refractivity contribution in [3.63, 3.8) is 0 Å². The fraction of sp³-hybridized carbons (Fsp3) is 0.923. The van der Waals surface area contributed by atoms with Gasteiger partial charge in [0.15, 0.2) is 0 Å². The van der Waals surface area contributed by atoms with Gasteiger partial charge in [-0.25, -0.2) is 0 Å². The first-order chi connectivity index (χ1) is 8.71. The van der Waals surface area contributed by atoms with E-state index in [0.717, 1.165) is 43.9 Å². The van der Waals surface area contributed by atoms with Gasteiger partial charge in [0.05, 0.1) is 6.07 Å². The Bertz CT molecular complexity index is 380. The maximum Gasteiger partial charge on any atom is 0.108 e. The van der Waals surface area contributed by atoms with Crippen LogP contribution in [0.4, 0.5) is 0 Å². The molecule has 2 unspecified atom stereocenters. The van der Waals surface area contributed by atoms with E-state index in [-0.39, 0.29) is 5.54 Å². The van der Waals surface area contributed by atoms with E-state index in [1.807, 2.05) is 0 Å². The van der Waals surface area contributed by atoms with Gasteiger partial charge < -0.3 is 0 Å². The Labute approximate surface area is 111 Å². The quantitative estimate of drug-likeness (QED) is 0.814. The Morgan fingerprint density at radius 3 is 2.61 bits per heavy atom. The summed E-state index contributed by atoms with van der Waals surface area (Å²) in [5.74, 6) is 1.62. The molecule has 2 saturated carbocycles. The number of nitrogens with zero attached hydrogens (tertiary/aromatic N) is 2. The highest BCUT2D eigenvalue weighted by Gasteiger charge is 2.44. The Morgan fingerprint density at radius 1 is 1.28 bits per heavy atom. The molecule has 0 aromatic heterocycles. The van der Waals surface area contributed by atoms with Crippen LogP contribution in [0, 0.1) is 11.3 Å². The van der Waals surface area contributed by atoms with Crippen LogP contribution in [0.1, 0.15) is 32.1 Å². The van der Waals surface area contributed by atoms with Gasteiger partial charge in [-0.2, -0.15) is 5.26 Å². The van der Waals surface area contributed by atoms with Crippen LogP contribution in [0.2, 0.25) is 0 Å². The minimum absolute atomic E-state index is 0.275. The summed E-state index contributed by atoms with van der Waals surface area (Å²) in [4.78, 5) is 2.45. The highest BCUT2D eigenvalue weighted by Crippen LogP contribution is 2.36. The molecule has 4 nitrogen and oxygen atoms in total. The summed E-state index contributed by atoms with van der Waals surface area (Å²) in [5.41, 5.74) is -0.275. The lowest BCUT2D eigenvalue weighted by molar-refractivity contribution is 0.209. The SMILES string of the molecule is N#CC1(NC2CC2)CCC(N2CCS(=O)CC2)C1. The molecule has 0 aromatic carbocycles. The molecule has 1 aliphatic heterocycles. The van der Waals surface area contributed by atoms with E-state index >= 15 is 0 Å². The molecule has 0 bridgehead atoms. The molecule has 3 rings (SSSR count). The van der Waals surface area contributed by atoms with Gasteiger partial charge in [-0.15, -0.1) is 0 Å². The molecule has 0 radical (unpaired) electrons. The van der Waals surface area contributed by atoms with Gasteiger partial charge in [-0.1, -0.05) is 0 Å². The van der Waals surface area contributed by atoms with E-state index in [9.17, 15) is 9.47 Å². The van der Waals surface area contributed by atoms with Crippen LogP contribution < -0.4 is 5.32 Å². The first-order valence-electron chi connectivity index (χ1n) is 6.99. The summed E-state index contributed by atoms with van der Waals surface area (Å²) in [6, 6.07) is 3.65. The van der Waals surface area contributed by atoms with Gasteiger partial charge in [0.25, 0.3) is 0 Å². The van der Waals surface area contributed by atoms with Crippen LogP contribution in [-0.2, 0) is 10.8 Å². The first kappa shape index (κ1) is 12.6. The van der Waals surface area contributed by atoms with Gasteiger partial charge in [0.2, 0.25) is 0 Å². The van der Waals surface area contributed by atoms with E-state index in [1.54, 1.807) is 0 Å². The summed E-state index contributed by atoms with van der Waals surface area (Å²) >= 11 is 0. The predicted molar refractivity (Wildman–Crippen MR) is 71.6 cm³/mol. The molecule has 3 aliphatic rings. The van der Waals surface area contributed by atoms with Gasteiger partial charge in [0, 0.05) is 47.5 Å². The molecule has 0 spiro atoms. The second-order valence-electron chi connectivity index (χ2n) is 5.89. The normalized spacial score (nSPS) is 38.7. The van der Waals surface area contributed by atoms with Crippen molar-refractivity contribution in [1.82, 2.24) is 10.2 Å². The van der Waals surface area contributed by atoms with Crippen LogP contribution in [0.25, 0.3) is 0 Å². The lowest BCUT2D eigenvalue weighted by atomic mass is 9.99. The molecule has 2 aliphatic carbocycles. The third-order valence-electron chi connectivity index (χ3n) is 4.49. The van der Waals surface area contributed by atoms with Crippen LogP contribution in [-0.4, -0.2) is 51.3 Å². The lowest BCUT2D eigenvalue weighted by Crippen LogP contribution is -2.47. The number of nitriles is 1. The van der Waals surface area contributed by atoms with E-state index in [1.165, 1.54) is 12.8 Å². The molecule has 3 fully saturated rings. The van der Waals surface area contributed by atoms with Crippen LogP contribution in [0.5, 0.6) is 0 Å². The van der Waals surface area contributed by atoms with Gasteiger partial charge in [-0.05, 0) is 32.1 Å². The largest absolute Gasteiger partial charge is 0.298 e. The molecule has 1 N–H and O–H groups in total.